The average molecular weight is 230 g/mol. The lowest BCUT2D eigenvalue weighted by Crippen LogP contribution is -2.28. The maximum Gasteiger partial charge on any atom is 0.335 e. The fraction of sp³-hybridized carbons (Fsp3) is 0.385. The van der Waals surface area contributed by atoms with E-state index in [0.717, 1.165) is 24.1 Å². The largest absolute Gasteiger partial charge is 0.478 e. The van der Waals surface area contributed by atoms with Gasteiger partial charge in [0.2, 0.25) is 0 Å². The van der Waals surface area contributed by atoms with E-state index in [2.05, 4.69) is 11.0 Å². The average Bonchev–Trinajstić information content (AvgIpc) is 2.72. The lowest BCUT2D eigenvalue weighted by Gasteiger charge is -2.19. The summed E-state index contributed by atoms with van der Waals surface area (Å²) in [6.45, 7) is 3.39. The second-order valence-corrected chi connectivity index (χ2v) is 4.25. The molecule has 17 heavy (non-hydrogen) atoms. The van der Waals surface area contributed by atoms with Crippen molar-refractivity contribution in [1.29, 1.82) is 5.26 Å². The molecule has 0 saturated carbocycles. The Balaban J connectivity index is 2.22. The van der Waals surface area contributed by atoms with Crippen molar-refractivity contribution in [1.82, 2.24) is 4.90 Å². The summed E-state index contributed by atoms with van der Waals surface area (Å²) in [5.74, 6) is -0.904. The van der Waals surface area contributed by atoms with Gasteiger partial charge in [-0.15, -0.1) is 0 Å². The highest BCUT2D eigenvalue weighted by molar-refractivity contribution is 5.87. The van der Waals surface area contributed by atoms with E-state index in [0.29, 0.717) is 12.1 Å². The minimum absolute atomic E-state index is 0.0873. The van der Waals surface area contributed by atoms with Crippen LogP contribution in [0.2, 0.25) is 0 Å². The topological polar surface area (TPSA) is 64.3 Å². The number of carboxylic acids is 1. The molecule has 0 spiro atoms. The number of aromatic carboxylic acids is 1. The van der Waals surface area contributed by atoms with Gasteiger partial charge >= 0.3 is 5.97 Å². The van der Waals surface area contributed by atoms with Gasteiger partial charge < -0.3 is 5.11 Å². The van der Waals surface area contributed by atoms with Crippen molar-refractivity contribution >= 4 is 5.97 Å². The van der Waals surface area contributed by atoms with E-state index in [1.54, 1.807) is 12.1 Å². The van der Waals surface area contributed by atoms with Crippen LogP contribution in [-0.4, -0.2) is 22.0 Å². The van der Waals surface area contributed by atoms with Crippen molar-refractivity contribution in [2.24, 2.45) is 0 Å². The summed E-state index contributed by atoms with van der Waals surface area (Å²) in [6.07, 6.45) is 0.788. The Morgan fingerprint density at radius 2 is 2.24 bits per heavy atom. The van der Waals surface area contributed by atoms with Crippen molar-refractivity contribution in [3.8, 4) is 6.07 Å². The van der Waals surface area contributed by atoms with E-state index in [1.807, 2.05) is 13.0 Å². The molecule has 1 unspecified atom stereocenters. The van der Waals surface area contributed by atoms with Crippen LogP contribution in [0.25, 0.3) is 0 Å². The van der Waals surface area contributed by atoms with E-state index in [9.17, 15) is 4.79 Å². The van der Waals surface area contributed by atoms with E-state index < -0.39 is 5.97 Å². The van der Waals surface area contributed by atoms with Gasteiger partial charge in [0.1, 0.15) is 0 Å². The van der Waals surface area contributed by atoms with Crippen LogP contribution in [0.1, 0.15) is 34.8 Å². The highest BCUT2D eigenvalue weighted by Crippen LogP contribution is 2.26. The molecule has 2 rings (SSSR count). The van der Waals surface area contributed by atoms with Crippen LogP contribution < -0.4 is 0 Å². The van der Waals surface area contributed by atoms with Gasteiger partial charge in [0, 0.05) is 13.1 Å². The minimum Gasteiger partial charge on any atom is -0.478 e. The van der Waals surface area contributed by atoms with Crippen molar-refractivity contribution in [2.45, 2.75) is 32.5 Å². The van der Waals surface area contributed by atoms with Crippen LogP contribution in [-0.2, 0) is 13.1 Å². The Kier molecular flexibility index (Phi) is 3.12. The fourth-order valence-corrected chi connectivity index (χ4v) is 2.21. The molecular formula is C13H14N2O2. The van der Waals surface area contributed by atoms with Gasteiger partial charge in [-0.05, 0) is 29.7 Å². The SMILES string of the molecule is CCC(C#N)N1Cc2ccc(C(=O)O)cc2C1. The molecule has 88 valence electrons. The monoisotopic (exact) mass is 230 g/mol. The number of hydrogen-bond acceptors (Lipinski definition) is 3. The molecule has 1 atom stereocenters. The molecule has 4 heteroatoms. The third-order valence-electron chi connectivity index (χ3n) is 3.18. The first-order valence-corrected chi connectivity index (χ1v) is 5.64. The molecule has 1 aliphatic rings. The number of fused-ring (bicyclic) bond motifs is 1. The van der Waals surface area contributed by atoms with Crippen molar-refractivity contribution in [3.05, 3.63) is 34.9 Å². The summed E-state index contributed by atoms with van der Waals surface area (Å²) < 4.78 is 0. The fourth-order valence-electron chi connectivity index (χ4n) is 2.21. The van der Waals surface area contributed by atoms with Crippen molar-refractivity contribution in [2.75, 3.05) is 0 Å². The molecular weight excluding hydrogens is 216 g/mol. The van der Waals surface area contributed by atoms with Crippen LogP contribution >= 0.6 is 0 Å². The zero-order valence-electron chi connectivity index (χ0n) is 9.68. The number of carbonyl (C=O) groups is 1. The highest BCUT2D eigenvalue weighted by Gasteiger charge is 2.25. The zero-order valence-corrected chi connectivity index (χ0v) is 9.68. The third-order valence-corrected chi connectivity index (χ3v) is 3.18. The zero-order chi connectivity index (χ0) is 12.4. The van der Waals surface area contributed by atoms with Gasteiger partial charge in [-0.3, -0.25) is 4.90 Å². The normalized spacial score (nSPS) is 16.2. The van der Waals surface area contributed by atoms with Crippen LogP contribution in [0, 0.1) is 11.3 Å². The Hall–Kier alpha value is -1.86. The van der Waals surface area contributed by atoms with Gasteiger partial charge in [-0.25, -0.2) is 4.79 Å². The van der Waals surface area contributed by atoms with Gasteiger partial charge in [0.25, 0.3) is 0 Å². The first-order valence-electron chi connectivity index (χ1n) is 5.64. The van der Waals surface area contributed by atoms with Gasteiger partial charge in [0.15, 0.2) is 0 Å². The van der Waals surface area contributed by atoms with E-state index in [1.165, 1.54) is 0 Å². The quantitative estimate of drug-likeness (QED) is 0.862. The predicted octanol–water partition coefficient (Wildman–Crippen LogP) is 2.00. The van der Waals surface area contributed by atoms with Gasteiger partial charge in [-0.1, -0.05) is 13.0 Å². The van der Waals surface area contributed by atoms with Crippen molar-refractivity contribution in [3.63, 3.8) is 0 Å². The number of carboxylic acid groups (broad SMARTS) is 1. The maximum absolute atomic E-state index is 10.9. The molecule has 0 fully saturated rings. The number of benzene rings is 1. The molecule has 1 aliphatic heterocycles. The Labute approximate surface area is 100 Å². The summed E-state index contributed by atoms with van der Waals surface area (Å²) in [7, 11) is 0. The molecule has 0 bridgehead atoms. The molecule has 1 aromatic rings. The van der Waals surface area contributed by atoms with Gasteiger partial charge in [0.05, 0.1) is 17.7 Å². The molecule has 0 radical (unpaired) electrons. The molecule has 4 nitrogen and oxygen atoms in total. The first-order chi connectivity index (χ1) is 8.15. The van der Waals surface area contributed by atoms with Crippen LogP contribution in [0.15, 0.2) is 18.2 Å². The lowest BCUT2D eigenvalue weighted by atomic mass is 10.1. The van der Waals surface area contributed by atoms with E-state index in [-0.39, 0.29) is 6.04 Å². The van der Waals surface area contributed by atoms with Crippen LogP contribution in [0.3, 0.4) is 0 Å². The molecule has 1 N–H and O–H groups in total. The first kappa shape index (κ1) is 11.6. The summed E-state index contributed by atoms with van der Waals surface area (Å²) in [5, 5.41) is 17.9. The standard InChI is InChI=1S/C13H14N2O2/c1-2-12(6-14)15-7-10-4-3-9(13(16)17)5-11(10)8-15/h3-5,12H,2,7-8H2,1H3,(H,16,17). The number of nitrogens with zero attached hydrogens (tertiary/aromatic N) is 2. The summed E-state index contributed by atoms with van der Waals surface area (Å²) in [4.78, 5) is 12.9. The second kappa shape index (κ2) is 4.56. The van der Waals surface area contributed by atoms with E-state index in [4.69, 9.17) is 10.4 Å². The summed E-state index contributed by atoms with van der Waals surface area (Å²) in [5.41, 5.74) is 2.47. The molecule has 0 amide bonds. The number of hydrogen-bond donors (Lipinski definition) is 1. The summed E-state index contributed by atoms with van der Waals surface area (Å²) in [6, 6.07) is 7.37. The number of rotatable bonds is 3. The molecule has 0 aliphatic carbocycles. The van der Waals surface area contributed by atoms with Crippen LogP contribution in [0.4, 0.5) is 0 Å². The summed E-state index contributed by atoms with van der Waals surface area (Å²) >= 11 is 0. The molecule has 0 aromatic heterocycles. The Morgan fingerprint density at radius 3 is 2.82 bits per heavy atom. The third kappa shape index (κ3) is 2.15. The number of nitriles is 1. The van der Waals surface area contributed by atoms with Crippen molar-refractivity contribution < 1.29 is 9.90 Å². The van der Waals surface area contributed by atoms with E-state index >= 15 is 0 Å². The lowest BCUT2D eigenvalue weighted by molar-refractivity contribution is 0.0696. The van der Waals surface area contributed by atoms with Gasteiger partial charge in [-0.2, -0.15) is 5.26 Å². The molecule has 1 heterocycles. The van der Waals surface area contributed by atoms with Crippen LogP contribution in [0.5, 0.6) is 0 Å². The smallest absolute Gasteiger partial charge is 0.335 e. The molecule has 0 saturated heterocycles. The minimum atomic E-state index is -0.904. The predicted molar refractivity (Wildman–Crippen MR) is 62.3 cm³/mol. The second-order valence-electron chi connectivity index (χ2n) is 4.25. The maximum atomic E-state index is 10.9. The Morgan fingerprint density at radius 1 is 1.53 bits per heavy atom. The molecule has 1 aromatic carbocycles. The highest BCUT2D eigenvalue weighted by atomic mass is 16.4. The Bertz CT molecular complexity index is 491.